The molecule has 5 nitrogen and oxygen atoms in total. The smallest absolute Gasteiger partial charge is 0.321 e. The molecular weight excluding hydrogens is 319 g/mol. The van der Waals surface area contributed by atoms with Crippen LogP contribution in [0.4, 0.5) is 20.6 Å². The molecule has 1 N–H and O–H groups in total. The fourth-order valence-corrected chi connectivity index (χ4v) is 3.90. The van der Waals surface area contributed by atoms with Crippen molar-refractivity contribution in [3.05, 3.63) is 24.0 Å². The highest BCUT2D eigenvalue weighted by atomic mass is 19.1. The summed E-state index contributed by atoms with van der Waals surface area (Å²) in [5.74, 6) is 0.192. The maximum Gasteiger partial charge on any atom is 0.321 e. The molecule has 6 heteroatoms. The molecule has 0 unspecified atom stereocenters. The van der Waals surface area contributed by atoms with E-state index in [-0.39, 0.29) is 11.8 Å². The molecule has 1 atom stereocenters. The highest BCUT2D eigenvalue weighted by Crippen LogP contribution is 2.30. The van der Waals surface area contributed by atoms with Crippen LogP contribution >= 0.6 is 0 Å². The van der Waals surface area contributed by atoms with E-state index in [1.165, 1.54) is 18.6 Å². The van der Waals surface area contributed by atoms with Crippen molar-refractivity contribution in [1.82, 2.24) is 9.80 Å². The quantitative estimate of drug-likeness (QED) is 0.908. The van der Waals surface area contributed by atoms with Crippen LogP contribution in [0.1, 0.15) is 25.7 Å². The van der Waals surface area contributed by atoms with Crippen molar-refractivity contribution < 1.29 is 9.18 Å². The van der Waals surface area contributed by atoms with Crippen LogP contribution in [-0.4, -0.2) is 62.7 Å². The van der Waals surface area contributed by atoms with E-state index in [4.69, 9.17) is 0 Å². The van der Waals surface area contributed by atoms with Gasteiger partial charge in [0.2, 0.25) is 0 Å². The van der Waals surface area contributed by atoms with Gasteiger partial charge >= 0.3 is 6.03 Å². The third-order valence-corrected chi connectivity index (χ3v) is 5.09. The summed E-state index contributed by atoms with van der Waals surface area (Å²) < 4.78 is 13.8. The van der Waals surface area contributed by atoms with Crippen LogP contribution in [0.2, 0.25) is 0 Å². The molecule has 0 aliphatic carbocycles. The molecule has 138 valence electrons. The Balaban J connectivity index is 1.67. The SMILES string of the molecule is CN(C)C[C@@H]1CCN(C(=O)Nc2cc(F)ccc2N2CCCCC2)C1. The topological polar surface area (TPSA) is 38.8 Å². The van der Waals surface area contributed by atoms with E-state index in [1.54, 1.807) is 6.07 Å². The van der Waals surface area contributed by atoms with Crippen LogP contribution in [0.3, 0.4) is 0 Å². The maximum absolute atomic E-state index is 13.8. The fourth-order valence-electron chi connectivity index (χ4n) is 3.90. The van der Waals surface area contributed by atoms with Crippen molar-refractivity contribution in [2.24, 2.45) is 5.92 Å². The number of urea groups is 1. The number of carbonyl (C=O) groups excluding carboxylic acids is 1. The van der Waals surface area contributed by atoms with Gasteiger partial charge in [-0.25, -0.2) is 9.18 Å². The minimum absolute atomic E-state index is 0.120. The van der Waals surface area contributed by atoms with Gasteiger partial charge in [-0.3, -0.25) is 0 Å². The van der Waals surface area contributed by atoms with E-state index in [0.717, 1.165) is 57.7 Å². The molecule has 3 rings (SSSR count). The number of benzene rings is 1. The highest BCUT2D eigenvalue weighted by molar-refractivity contribution is 5.93. The second-order valence-corrected chi connectivity index (χ2v) is 7.50. The van der Waals surface area contributed by atoms with Crippen molar-refractivity contribution in [3.8, 4) is 0 Å². The van der Waals surface area contributed by atoms with E-state index in [0.29, 0.717) is 11.6 Å². The summed E-state index contributed by atoms with van der Waals surface area (Å²) in [7, 11) is 4.11. The minimum Gasteiger partial charge on any atom is -0.370 e. The van der Waals surface area contributed by atoms with Crippen molar-refractivity contribution in [3.63, 3.8) is 0 Å². The summed E-state index contributed by atoms with van der Waals surface area (Å²) in [5, 5.41) is 2.96. The summed E-state index contributed by atoms with van der Waals surface area (Å²) in [4.78, 5) is 18.9. The first-order chi connectivity index (χ1) is 12.0. The van der Waals surface area contributed by atoms with E-state index in [9.17, 15) is 9.18 Å². The molecule has 25 heavy (non-hydrogen) atoms. The minimum atomic E-state index is -0.317. The zero-order valence-corrected chi connectivity index (χ0v) is 15.3. The second-order valence-electron chi connectivity index (χ2n) is 7.50. The Morgan fingerprint density at radius 2 is 2.00 bits per heavy atom. The van der Waals surface area contributed by atoms with Gasteiger partial charge in [0.1, 0.15) is 5.82 Å². The average molecular weight is 348 g/mol. The first-order valence-electron chi connectivity index (χ1n) is 9.28. The largest absolute Gasteiger partial charge is 0.370 e. The number of hydrogen-bond acceptors (Lipinski definition) is 3. The van der Waals surface area contributed by atoms with Gasteiger partial charge in [0.15, 0.2) is 0 Å². The third kappa shape index (κ3) is 4.63. The monoisotopic (exact) mass is 348 g/mol. The fraction of sp³-hybridized carbons (Fsp3) is 0.632. The highest BCUT2D eigenvalue weighted by Gasteiger charge is 2.27. The molecule has 1 aromatic rings. The van der Waals surface area contributed by atoms with Crippen LogP contribution in [0.25, 0.3) is 0 Å². The lowest BCUT2D eigenvalue weighted by molar-refractivity contribution is 0.219. The molecule has 2 aliphatic rings. The normalized spacial score (nSPS) is 21.0. The number of amides is 2. The van der Waals surface area contributed by atoms with Gasteiger partial charge < -0.3 is 20.0 Å². The lowest BCUT2D eigenvalue weighted by Crippen LogP contribution is -2.35. The molecule has 2 amide bonds. The number of hydrogen-bond donors (Lipinski definition) is 1. The second kappa shape index (κ2) is 8.04. The summed E-state index contributed by atoms with van der Waals surface area (Å²) in [6.07, 6.45) is 4.54. The predicted molar refractivity (Wildman–Crippen MR) is 99.7 cm³/mol. The van der Waals surface area contributed by atoms with Gasteiger partial charge in [0, 0.05) is 32.7 Å². The number of likely N-dealkylation sites (tertiary alicyclic amines) is 1. The molecule has 2 heterocycles. The first-order valence-corrected chi connectivity index (χ1v) is 9.28. The van der Waals surface area contributed by atoms with Crippen LogP contribution in [-0.2, 0) is 0 Å². The van der Waals surface area contributed by atoms with E-state index in [1.807, 2.05) is 4.90 Å². The average Bonchev–Trinajstić information content (AvgIpc) is 3.03. The molecule has 0 aromatic heterocycles. The van der Waals surface area contributed by atoms with Gasteiger partial charge in [0.25, 0.3) is 0 Å². The van der Waals surface area contributed by atoms with Gasteiger partial charge in [-0.1, -0.05) is 0 Å². The number of nitrogens with zero attached hydrogens (tertiary/aromatic N) is 3. The molecule has 2 fully saturated rings. The Bertz CT molecular complexity index is 601. The maximum atomic E-state index is 13.8. The standard InChI is InChI=1S/C19H29FN4O/c1-22(2)13-15-8-11-24(14-15)19(25)21-17-12-16(20)6-7-18(17)23-9-4-3-5-10-23/h6-7,12,15H,3-5,8-11,13-14H2,1-2H3,(H,21,25)/t15-/m0/s1. The zero-order chi connectivity index (χ0) is 17.8. The Labute approximate surface area is 149 Å². The zero-order valence-electron chi connectivity index (χ0n) is 15.3. The number of carbonyl (C=O) groups is 1. The Morgan fingerprint density at radius 3 is 2.72 bits per heavy atom. The van der Waals surface area contributed by atoms with E-state index in [2.05, 4.69) is 29.2 Å². The summed E-state index contributed by atoms with van der Waals surface area (Å²) in [6.45, 7) is 4.44. The van der Waals surface area contributed by atoms with Crippen LogP contribution in [0, 0.1) is 11.7 Å². The number of rotatable bonds is 4. The molecule has 0 spiro atoms. The number of halogens is 1. The first kappa shape index (κ1) is 18.0. The molecule has 2 aliphatic heterocycles. The molecule has 0 radical (unpaired) electrons. The predicted octanol–water partition coefficient (Wildman–Crippen LogP) is 3.23. The van der Waals surface area contributed by atoms with E-state index < -0.39 is 0 Å². The molecule has 0 saturated carbocycles. The number of nitrogens with one attached hydrogen (secondary N) is 1. The number of anilines is 2. The van der Waals surface area contributed by atoms with Gasteiger partial charge in [-0.15, -0.1) is 0 Å². The van der Waals surface area contributed by atoms with Crippen molar-refractivity contribution >= 4 is 17.4 Å². The van der Waals surface area contributed by atoms with Gasteiger partial charge in [-0.2, -0.15) is 0 Å². The summed E-state index contributed by atoms with van der Waals surface area (Å²) in [5.41, 5.74) is 1.52. The lowest BCUT2D eigenvalue weighted by Gasteiger charge is -2.31. The van der Waals surface area contributed by atoms with Gasteiger partial charge in [0.05, 0.1) is 11.4 Å². The molecule has 0 bridgehead atoms. The van der Waals surface area contributed by atoms with Crippen LogP contribution in [0.5, 0.6) is 0 Å². The van der Waals surface area contributed by atoms with Crippen LogP contribution in [0.15, 0.2) is 18.2 Å². The Morgan fingerprint density at radius 1 is 1.24 bits per heavy atom. The van der Waals surface area contributed by atoms with E-state index >= 15 is 0 Å². The number of piperidine rings is 1. The molecule has 1 aromatic carbocycles. The Kier molecular flexibility index (Phi) is 5.78. The van der Waals surface area contributed by atoms with Crippen molar-refractivity contribution in [1.29, 1.82) is 0 Å². The summed E-state index contributed by atoms with van der Waals surface area (Å²) >= 11 is 0. The van der Waals surface area contributed by atoms with Crippen molar-refractivity contribution in [2.45, 2.75) is 25.7 Å². The molecule has 2 saturated heterocycles. The summed E-state index contributed by atoms with van der Waals surface area (Å²) in [6, 6.07) is 4.58. The lowest BCUT2D eigenvalue weighted by atomic mass is 10.1. The molecular formula is C19H29FN4O. The van der Waals surface area contributed by atoms with Gasteiger partial charge in [-0.05, 0) is 63.9 Å². The van der Waals surface area contributed by atoms with Crippen LogP contribution < -0.4 is 10.2 Å². The third-order valence-electron chi connectivity index (χ3n) is 5.09. The van der Waals surface area contributed by atoms with Crippen molar-refractivity contribution in [2.75, 3.05) is 57.0 Å². The Hall–Kier alpha value is -1.82.